The maximum Gasteiger partial charge on any atom is 0.318 e. The molecule has 1 atom stereocenters. The Bertz CT molecular complexity index is 356. The smallest absolute Gasteiger partial charge is 0.318 e. The van der Waals surface area contributed by atoms with E-state index in [1.54, 1.807) is 12.0 Å². The number of carbonyl (C=O) groups is 2. The van der Waals surface area contributed by atoms with Crippen molar-refractivity contribution < 1.29 is 14.3 Å². The fraction of sp³-hybridized carbons (Fsp3) is 0.867. The highest BCUT2D eigenvalue weighted by molar-refractivity contribution is 5.87. The van der Waals surface area contributed by atoms with Crippen LogP contribution >= 0.6 is 0 Å². The van der Waals surface area contributed by atoms with Gasteiger partial charge >= 0.3 is 6.03 Å². The molecule has 0 aromatic carbocycles. The lowest BCUT2D eigenvalue weighted by Crippen LogP contribution is -2.52. The van der Waals surface area contributed by atoms with Gasteiger partial charge < -0.3 is 20.3 Å². The van der Waals surface area contributed by atoms with Crippen LogP contribution in [-0.2, 0) is 9.53 Å². The molecule has 2 fully saturated rings. The molecule has 2 aliphatic rings. The third-order valence-corrected chi connectivity index (χ3v) is 4.35. The molecule has 0 aromatic heterocycles. The van der Waals surface area contributed by atoms with Crippen LogP contribution in [0.4, 0.5) is 4.79 Å². The lowest BCUT2D eigenvalue weighted by molar-refractivity contribution is -0.125. The number of carbonyl (C=O) groups excluding carboxylic acids is 2. The molecule has 1 heterocycles. The van der Waals surface area contributed by atoms with E-state index in [0.29, 0.717) is 25.7 Å². The molecule has 6 nitrogen and oxygen atoms in total. The highest BCUT2D eigenvalue weighted by Crippen LogP contribution is 2.20. The molecule has 21 heavy (non-hydrogen) atoms. The van der Waals surface area contributed by atoms with Crippen LogP contribution in [0.5, 0.6) is 0 Å². The molecular formula is C15H27N3O3. The fourth-order valence-corrected chi connectivity index (χ4v) is 3.19. The van der Waals surface area contributed by atoms with Crippen LogP contribution in [0.25, 0.3) is 0 Å². The van der Waals surface area contributed by atoms with Crippen molar-refractivity contribution in [2.75, 3.05) is 26.8 Å². The highest BCUT2D eigenvalue weighted by Gasteiger charge is 2.34. The van der Waals surface area contributed by atoms with Gasteiger partial charge in [-0.2, -0.15) is 0 Å². The number of methoxy groups -OCH3 is 1. The standard InChI is InChI=1S/C15H27N3O3/c1-21-11-9-16-15(20)18-10-5-8-13(18)14(19)17-12-6-3-2-4-7-12/h12-13H,2-11H2,1H3,(H,16,20)(H,17,19)/t13-/m1/s1. The average molecular weight is 297 g/mol. The first kappa shape index (κ1) is 16.1. The largest absolute Gasteiger partial charge is 0.383 e. The minimum absolute atomic E-state index is 0.0151. The van der Waals surface area contributed by atoms with E-state index in [2.05, 4.69) is 10.6 Å². The molecule has 3 amide bonds. The highest BCUT2D eigenvalue weighted by atomic mass is 16.5. The summed E-state index contributed by atoms with van der Waals surface area (Å²) in [6, 6.07) is -0.173. The van der Waals surface area contributed by atoms with Gasteiger partial charge in [0.2, 0.25) is 5.91 Å². The van der Waals surface area contributed by atoms with Crippen LogP contribution in [0.1, 0.15) is 44.9 Å². The Morgan fingerprint density at radius 3 is 2.62 bits per heavy atom. The SMILES string of the molecule is COCCNC(=O)N1CCC[C@@H]1C(=O)NC1CCCCC1. The van der Waals surface area contributed by atoms with E-state index < -0.39 is 0 Å². The molecule has 0 bridgehead atoms. The van der Waals surface area contributed by atoms with Gasteiger partial charge in [-0.15, -0.1) is 0 Å². The molecule has 0 radical (unpaired) electrons. The molecule has 0 unspecified atom stereocenters. The number of nitrogens with one attached hydrogen (secondary N) is 2. The summed E-state index contributed by atoms with van der Waals surface area (Å²) >= 11 is 0. The monoisotopic (exact) mass is 297 g/mol. The summed E-state index contributed by atoms with van der Waals surface area (Å²) in [5.74, 6) is 0.0151. The van der Waals surface area contributed by atoms with Crippen molar-refractivity contribution in [3.63, 3.8) is 0 Å². The Morgan fingerprint density at radius 1 is 1.14 bits per heavy atom. The maximum absolute atomic E-state index is 12.4. The van der Waals surface area contributed by atoms with E-state index in [1.807, 2.05) is 0 Å². The third kappa shape index (κ3) is 4.59. The molecule has 1 saturated carbocycles. The number of hydrogen-bond donors (Lipinski definition) is 2. The van der Waals surface area contributed by atoms with Crippen LogP contribution in [0.2, 0.25) is 0 Å². The summed E-state index contributed by atoms with van der Waals surface area (Å²) in [4.78, 5) is 26.2. The van der Waals surface area contributed by atoms with Crippen LogP contribution in [0.3, 0.4) is 0 Å². The zero-order valence-electron chi connectivity index (χ0n) is 12.9. The second-order valence-electron chi connectivity index (χ2n) is 5.92. The fourth-order valence-electron chi connectivity index (χ4n) is 3.19. The van der Waals surface area contributed by atoms with Gasteiger partial charge in [-0.25, -0.2) is 4.79 Å². The van der Waals surface area contributed by atoms with Crippen molar-refractivity contribution in [3.8, 4) is 0 Å². The second kappa shape index (κ2) is 8.22. The minimum atomic E-state index is -0.311. The van der Waals surface area contributed by atoms with Gasteiger partial charge in [0.05, 0.1) is 6.61 Å². The average Bonchev–Trinajstić information content (AvgIpc) is 2.98. The van der Waals surface area contributed by atoms with Gasteiger partial charge in [0, 0.05) is 26.2 Å². The van der Waals surface area contributed by atoms with E-state index in [9.17, 15) is 9.59 Å². The van der Waals surface area contributed by atoms with E-state index in [-0.39, 0.29) is 18.0 Å². The van der Waals surface area contributed by atoms with Crippen LogP contribution < -0.4 is 10.6 Å². The summed E-state index contributed by atoms with van der Waals surface area (Å²) in [7, 11) is 1.60. The van der Waals surface area contributed by atoms with Gasteiger partial charge in [0.15, 0.2) is 0 Å². The molecule has 1 aliphatic carbocycles. The molecule has 6 heteroatoms. The molecule has 2 N–H and O–H groups in total. The maximum atomic E-state index is 12.4. The Hall–Kier alpha value is -1.30. The van der Waals surface area contributed by atoms with Crippen molar-refractivity contribution in [1.82, 2.24) is 15.5 Å². The number of rotatable bonds is 5. The number of hydrogen-bond acceptors (Lipinski definition) is 3. The van der Waals surface area contributed by atoms with Crippen LogP contribution in [-0.4, -0.2) is 55.7 Å². The molecule has 0 aromatic rings. The normalized spacial score (nSPS) is 23.1. The predicted octanol–water partition coefficient (Wildman–Crippen LogP) is 1.26. The van der Waals surface area contributed by atoms with E-state index in [0.717, 1.165) is 25.7 Å². The number of amides is 3. The van der Waals surface area contributed by atoms with Crippen molar-refractivity contribution in [3.05, 3.63) is 0 Å². The minimum Gasteiger partial charge on any atom is -0.383 e. The van der Waals surface area contributed by atoms with Gasteiger partial charge in [-0.1, -0.05) is 19.3 Å². The van der Waals surface area contributed by atoms with E-state index in [1.165, 1.54) is 19.3 Å². The summed E-state index contributed by atoms with van der Waals surface area (Å²) in [5.41, 5.74) is 0. The van der Waals surface area contributed by atoms with Gasteiger partial charge in [-0.3, -0.25) is 4.79 Å². The quantitative estimate of drug-likeness (QED) is 0.750. The molecule has 2 rings (SSSR count). The first-order valence-electron chi connectivity index (χ1n) is 8.06. The number of urea groups is 1. The molecule has 120 valence electrons. The van der Waals surface area contributed by atoms with Crippen molar-refractivity contribution in [2.24, 2.45) is 0 Å². The second-order valence-corrected chi connectivity index (χ2v) is 5.92. The zero-order chi connectivity index (χ0) is 15.1. The van der Waals surface area contributed by atoms with E-state index >= 15 is 0 Å². The van der Waals surface area contributed by atoms with Crippen molar-refractivity contribution in [1.29, 1.82) is 0 Å². The van der Waals surface area contributed by atoms with Crippen molar-refractivity contribution in [2.45, 2.75) is 57.0 Å². The first-order chi connectivity index (χ1) is 10.2. The van der Waals surface area contributed by atoms with Crippen molar-refractivity contribution >= 4 is 11.9 Å². The molecule has 0 spiro atoms. The lowest BCUT2D eigenvalue weighted by Gasteiger charge is -2.28. The Morgan fingerprint density at radius 2 is 1.90 bits per heavy atom. The Kier molecular flexibility index (Phi) is 6.29. The van der Waals surface area contributed by atoms with Gasteiger partial charge in [0.1, 0.15) is 6.04 Å². The Labute approximate surface area is 126 Å². The Balaban J connectivity index is 1.82. The van der Waals surface area contributed by atoms with Crippen LogP contribution in [0.15, 0.2) is 0 Å². The molecular weight excluding hydrogens is 270 g/mol. The number of likely N-dealkylation sites (tertiary alicyclic amines) is 1. The molecule has 1 aliphatic heterocycles. The van der Waals surface area contributed by atoms with E-state index in [4.69, 9.17) is 4.74 Å². The third-order valence-electron chi connectivity index (χ3n) is 4.35. The molecule has 1 saturated heterocycles. The first-order valence-corrected chi connectivity index (χ1v) is 8.06. The zero-order valence-corrected chi connectivity index (χ0v) is 12.9. The topological polar surface area (TPSA) is 70.7 Å². The van der Waals surface area contributed by atoms with Gasteiger partial charge in [0.25, 0.3) is 0 Å². The summed E-state index contributed by atoms with van der Waals surface area (Å²) in [6.07, 6.45) is 7.44. The van der Waals surface area contributed by atoms with Crippen LogP contribution in [0, 0.1) is 0 Å². The summed E-state index contributed by atoms with van der Waals surface area (Å²) in [5, 5.41) is 5.92. The van der Waals surface area contributed by atoms with Gasteiger partial charge in [-0.05, 0) is 25.7 Å². The number of ether oxygens (including phenoxy) is 1. The summed E-state index contributed by atoms with van der Waals surface area (Å²) in [6.45, 7) is 1.61. The summed E-state index contributed by atoms with van der Waals surface area (Å²) < 4.78 is 4.92. The number of nitrogens with zero attached hydrogens (tertiary/aromatic N) is 1. The predicted molar refractivity (Wildman–Crippen MR) is 80.0 cm³/mol. The lowest BCUT2D eigenvalue weighted by atomic mass is 9.95.